The monoisotopic (exact) mass is 353 g/mol. The van der Waals surface area contributed by atoms with Crippen molar-refractivity contribution in [2.45, 2.75) is 25.1 Å². The Labute approximate surface area is 142 Å². The van der Waals surface area contributed by atoms with E-state index in [9.17, 15) is 18.0 Å². The SMILES string of the molecule is Cn1nccc1C(=O)NC1CCCN(c2ccc(C(F)(F)F)nc2)C1. The number of aromatic nitrogens is 3. The summed E-state index contributed by atoms with van der Waals surface area (Å²) >= 11 is 0. The van der Waals surface area contributed by atoms with Crippen LogP contribution >= 0.6 is 0 Å². The number of pyridine rings is 1. The molecule has 0 bridgehead atoms. The summed E-state index contributed by atoms with van der Waals surface area (Å²) in [6, 6.07) is 3.95. The van der Waals surface area contributed by atoms with Gasteiger partial charge in [0.25, 0.3) is 5.91 Å². The predicted molar refractivity (Wildman–Crippen MR) is 85.1 cm³/mol. The van der Waals surface area contributed by atoms with Gasteiger partial charge in [-0.1, -0.05) is 0 Å². The second-order valence-corrected chi connectivity index (χ2v) is 6.00. The van der Waals surface area contributed by atoms with Crippen LogP contribution in [0.1, 0.15) is 29.0 Å². The van der Waals surface area contributed by atoms with E-state index in [1.165, 1.54) is 16.9 Å². The van der Waals surface area contributed by atoms with Crippen molar-refractivity contribution in [1.82, 2.24) is 20.1 Å². The Hall–Kier alpha value is -2.58. The fraction of sp³-hybridized carbons (Fsp3) is 0.438. The van der Waals surface area contributed by atoms with Crippen LogP contribution in [-0.4, -0.2) is 39.8 Å². The second kappa shape index (κ2) is 6.73. The summed E-state index contributed by atoms with van der Waals surface area (Å²) < 4.78 is 39.3. The van der Waals surface area contributed by atoms with E-state index in [0.29, 0.717) is 24.5 Å². The first-order chi connectivity index (χ1) is 11.8. The Kier molecular flexibility index (Phi) is 4.65. The molecule has 1 aliphatic heterocycles. The van der Waals surface area contributed by atoms with Gasteiger partial charge in [0.15, 0.2) is 0 Å². The molecule has 1 aliphatic rings. The molecule has 0 saturated carbocycles. The molecule has 2 aromatic heterocycles. The minimum Gasteiger partial charge on any atom is -0.368 e. The van der Waals surface area contributed by atoms with Crippen LogP contribution in [0.4, 0.5) is 18.9 Å². The van der Waals surface area contributed by atoms with Crippen molar-refractivity contribution in [1.29, 1.82) is 0 Å². The zero-order chi connectivity index (χ0) is 18.0. The highest BCUT2D eigenvalue weighted by Crippen LogP contribution is 2.29. The van der Waals surface area contributed by atoms with Crippen molar-refractivity contribution in [2.24, 2.45) is 7.05 Å². The van der Waals surface area contributed by atoms with E-state index >= 15 is 0 Å². The van der Waals surface area contributed by atoms with Gasteiger partial charge in [-0.25, -0.2) is 4.98 Å². The molecule has 1 atom stereocenters. The Morgan fingerprint density at radius 3 is 2.72 bits per heavy atom. The Balaban J connectivity index is 1.65. The summed E-state index contributed by atoms with van der Waals surface area (Å²) in [5, 5.41) is 6.92. The van der Waals surface area contributed by atoms with Crippen LogP contribution in [0.5, 0.6) is 0 Å². The number of nitrogens with zero attached hydrogens (tertiary/aromatic N) is 4. The number of carbonyl (C=O) groups is 1. The molecule has 1 amide bonds. The summed E-state index contributed by atoms with van der Waals surface area (Å²) in [5.74, 6) is -0.211. The molecular formula is C16H18F3N5O. The van der Waals surface area contributed by atoms with Crippen LogP contribution in [0, 0.1) is 0 Å². The summed E-state index contributed by atoms with van der Waals surface area (Å²) in [4.78, 5) is 17.7. The van der Waals surface area contributed by atoms with Gasteiger partial charge in [-0.2, -0.15) is 18.3 Å². The van der Waals surface area contributed by atoms with E-state index in [1.54, 1.807) is 19.3 Å². The number of hydrogen-bond donors (Lipinski definition) is 1. The van der Waals surface area contributed by atoms with Crippen LogP contribution < -0.4 is 10.2 Å². The number of piperidine rings is 1. The summed E-state index contributed by atoms with van der Waals surface area (Å²) in [7, 11) is 1.69. The smallest absolute Gasteiger partial charge is 0.368 e. The van der Waals surface area contributed by atoms with Gasteiger partial charge in [-0.3, -0.25) is 9.48 Å². The highest BCUT2D eigenvalue weighted by molar-refractivity contribution is 5.92. The van der Waals surface area contributed by atoms with Crippen molar-refractivity contribution in [3.63, 3.8) is 0 Å². The maximum absolute atomic E-state index is 12.6. The van der Waals surface area contributed by atoms with Crippen LogP contribution in [0.25, 0.3) is 0 Å². The van der Waals surface area contributed by atoms with E-state index in [-0.39, 0.29) is 11.9 Å². The average molecular weight is 353 g/mol. The number of hydrogen-bond acceptors (Lipinski definition) is 4. The lowest BCUT2D eigenvalue weighted by atomic mass is 10.0. The van der Waals surface area contributed by atoms with Crippen LogP contribution in [0.3, 0.4) is 0 Å². The van der Waals surface area contributed by atoms with E-state index in [0.717, 1.165) is 18.9 Å². The van der Waals surface area contributed by atoms with E-state index in [1.807, 2.05) is 4.90 Å². The molecule has 6 nitrogen and oxygen atoms in total. The van der Waals surface area contributed by atoms with Crippen molar-refractivity contribution < 1.29 is 18.0 Å². The molecule has 2 aromatic rings. The van der Waals surface area contributed by atoms with E-state index < -0.39 is 11.9 Å². The average Bonchev–Trinajstić information content (AvgIpc) is 3.01. The molecule has 25 heavy (non-hydrogen) atoms. The normalized spacial score (nSPS) is 18.2. The molecule has 9 heteroatoms. The quantitative estimate of drug-likeness (QED) is 0.919. The van der Waals surface area contributed by atoms with Gasteiger partial charge in [0.1, 0.15) is 11.4 Å². The first kappa shape index (κ1) is 17.2. The zero-order valence-electron chi connectivity index (χ0n) is 13.6. The first-order valence-corrected chi connectivity index (χ1v) is 7.91. The third-order valence-corrected chi connectivity index (χ3v) is 4.21. The minimum absolute atomic E-state index is 0.0848. The molecule has 0 radical (unpaired) electrons. The van der Waals surface area contributed by atoms with Crippen molar-refractivity contribution in [3.8, 4) is 0 Å². The number of carbonyl (C=O) groups excluding carboxylic acids is 1. The van der Waals surface area contributed by atoms with Gasteiger partial charge in [0.2, 0.25) is 0 Å². The van der Waals surface area contributed by atoms with Gasteiger partial charge in [0, 0.05) is 32.4 Å². The Morgan fingerprint density at radius 2 is 2.12 bits per heavy atom. The van der Waals surface area contributed by atoms with Crippen LogP contribution in [0.15, 0.2) is 30.6 Å². The molecule has 0 aliphatic carbocycles. The van der Waals surface area contributed by atoms with Crippen molar-refractivity contribution in [2.75, 3.05) is 18.0 Å². The van der Waals surface area contributed by atoms with Crippen LogP contribution in [0.2, 0.25) is 0 Å². The lowest BCUT2D eigenvalue weighted by molar-refractivity contribution is -0.141. The zero-order valence-corrected chi connectivity index (χ0v) is 13.6. The molecule has 1 unspecified atom stereocenters. The van der Waals surface area contributed by atoms with Crippen LogP contribution in [-0.2, 0) is 13.2 Å². The summed E-state index contributed by atoms with van der Waals surface area (Å²) in [5.41, 5.74) is 0.176. The van der Waals surface area contributed by atoms with Crippen molar-refractivity contribution >= 4 is 11.6 Å². The molecule has 1 N–H and O–H groups in total. The number of alkyl halides is 3. The molecule has 3 heterocycles. The lowest BCUT2D eigenvalue weighted by Gasteiger charge is -2.34. The third kappa shape index (κ3) is 3.92. The number of rotatable bonds is 3. The largest absolute Gasteiger partial charge is 0.433 e. The maximum Gasteiger partial charge on any atom is 0.433 e. The molecule has 1 saturated heterocycles. The fourth-order valence-electron chi connectivity index (χ4n) is 2.93. The molecule has 0 aromatic carbocycles. The Bertz CT molecular complexity index is 741. The van der Waals surface area contributed by atoms with Gasteiger partial charge < -0.3 is 10.2 Å². The minimum atomic E-state index is -4.44. The molecule has 1 fully saturated rings. The first-order valence-electron chi connectivity index (χ1n) is 7.91. The molecule has 3 rings (SSSR count). The van der Waals surface area contributed by atoms with Gasteiger partial charge in [0.05, 0.1) is 11.9 Å². The Morgan fingerprint density at radius 1 is 1.32 bits per heavy atom. The fourth-order valence-corrected chi connectivity index (χ4v) is 2.93. The number of halogens is 3. The van der Waals surface area contributed by atoms with Gasteiger partial charge in [-0.05, 0) is 31.0 Å². The molecule has 0 spiro atoms. The number of aryl methyl sites for hydroxylation is 1. The maximum atomic E-state index is 12.6. The third-order valence-electron chi connectivity index (χ3n) is 4.21. The summed E-state index contributed by atoms with van der Waals surface area (Å²) in [6.07, 6.45) is -0.0182. The van der Waals surface area contributed by atoms with Gasteiger partial charge >= 0.3 is 6.18 Å². The number of nitrogens with one attached hydrogen (secondary N) is 1. The predicted octanol–water partition coefficient (Wildman–Crippen LogP) is 2.23. The standard InChI is InChI=1S/C16H18F3N5O/c1-23-13(6-7-21-23)15(25)22-11-3-2-8-24(10-11)12-4-5-14(20-9-12)16(17,18)19/h4-7,9,11H,2-3,8,10H2,1H3,(H,22,25). The highest BCUT2D eigenvalue weighted by atomic mass is 19.4. The highest BCUT2D eigenvalue weighted by Gasteiger charge is 2.32. The molecular weight excluding hydrogens is 335 g/mol. The number of amides is 1. The van der Waals surface area contributed by atoms with E-state index in [2.05, 4.69) is 15.4 Å². The lowest BCUT2D eigenvalue weighted by Crippen LogP contribution is -2.48. The topological polar surface area (TPSA) is 63.1 Å². The van der Waals surface area contributed by atoms with E-state index in [4.69, 9.17) is 0 Å². The van der Waals surface area contributed by atoms with Gasteiger partial charge in [-0.15, -0.1) is 0 Å². The second-order valence-electron chi connectivity index (χ2n) is 6.00. The number of anilines is 1. The summed E-state index contributed by atoms with van der Waals surface area (Å²) in [6.45, 7) is 1.24. The molecule has 134 valence electrons. The van der Waals surface area contributed by atoms with Crippen molar-refractivity contribution in [3.05, 3.63) is 42.0 Å².